The van der Waals surface area contributed by atoms with Gasteiger partial charge in [0.2, 0.25) is 0 Å². The Morgan fingerprint density at radius 2 is 1.32 bits per heavy atom. The summed E-state index contributed by atoms with van der Waals surface area (Å²) in [6, 6.07) is 0. The van der Waals surface area contributed by atoms with Gasteiger partial charge in [-0.05, 0) is 25.7 Å². The van der Waals surface area contributed by atoms with Gasteiger partial charge in [0.05, 0.1) is 13.1 Å². The summed E-state index contributed by atoms with van der Waals surface area (Å²) in [5.41, 5.74) is 0. The van der Waals surface area contributed by atoms with Crippen LogP contribution in [0.4, 0.5) is 8.78 Å². The average Bonchev–Trinajstić information content (AvgIpc) is 2.48. The van der Waals surface area contributed by atoms with Gasteiger partial charge in [0.15, 0.2) is 0 Å². The number of nitrogens with zero attached hydrogens (tertiary/aromatic N) is 2. The van der Waals surface area contributed by atoms with Gasteiger partial charge in [0.1, 0.15) is 0 Å². The van der Waals surface area contributed by atoms with Crippen LogP contribution in [-0.2, 0) is 9.59 Å². The van der Waals surface area contributed by atoms with E-state index in [9.17, 15) is 18.4 Å². The number of hydrogen-bond donors (Lipinski definition) is 0. The van der Waals surface area contributed by atoms with Crippen molar-refractivity contribution in [1.82, 2.24) is 9.80 Å². The first-order chi connectivity index (χ1) is 8.89. The maximum absolute atomic E-state index is 13.7. The van der Waals surface area contributed by atoms with Gasteiger partial charge in [-0.2, -0.15) is 0 Å². The molecule has 1 saturated heterocycles. The van der Waals surface area contributed by atoms with Gasteiger partial charge in [-0.3, -0.25) is 9.59 Å². The molecule has 0 aliphatic carbocycles. The fourth-order valence-corrected chi connectivity index (χ4v) is 1.73. The highest BCUT2D eigenvalue weighted by Crippen LogP contribution is 2.20. The third-order valence-electron chi connectivity index (χ3n) is 2.52. The Labute approximate surface area is 110 Å². The molecule has 1 fully saturated rings. The smallest absolute Gasteiger partial charge is 0.298 e. The summed E-state index contributed by atoms with van der Waals surface area (Å²) in [5.74, 6) is 4.73. The lowest BCUT2D eigenvalue weighted by atomic mass is 10.3. The molecule has 0 radical (unpaired) electrons. The summed E-state index contributed by atoms with van der Waals surface area (Å²) in [6.45, 7) is 1.51. The molecule has 2 amide bonds. The first kappa shape index (κ1) is 15.0. The number of carbonyl (C=O) groups is 2. The molecule has 0 spiro atoms. The fraction of sp³-hybridized carbons (Fsp3) is 0.538. The van der Waals surface area contributed by atoms with Crippen molar-refractivity contribution in [2.75, 3.05) is 26.2 Å². The van der Waals surface area contributed by atoms with E-state index in [0.29, 0.717) is 0 Å². The van der Waals surface area contributed by atoms with Crippen molar-refractivity contribution in [2.45, 2.75) is 19.8 Å². The van der Waals surface area contributed by atoms with E-state index < -0.39 is 30.8 Å². The molecular weight excluding hydrogens is 254 g/mol. The number of halogens is 2. The molecule has 0 bridgehead atoms. The van der Waals surface area contributed by atoms with Gasteiger partial charge in [0.25, 0.3) is 17.7 Å². The Morgan fingerprint density at radius 3 is 1.63 bits per heavy atom. The molecule has 0 N–H and O–H groups in total. The van der Waals surface area contributed by atoms with E-state index in [4.69, 9.17) is 0 Å². The molecule has 0 saturated carbocycles. The summed E-state index contributed by atoms with van der Waals surface area (Å²) in [4.78, 5) is 25.0. The van der Waals surface area contributed by atoms with E-state index in [1.807, 2.05) is 0 Å². The minimum atomic E-state index is -3.16. The van der Waals surface area contributed by atoms with Gasteiger partial charge in [-0.1, -0.05) is 11.8 Å². The Kier molecular flexibility index (Phi) is 4.88. The van der Waals surface area contributed by atoms with Crippen molar-refractivity contribution in [3.63, 3.8) is 0 Å². The van der Waals surface area contributed by atoms with Crippen LogP contribution >= 0.6 is 0 Å². The number of hydrogen-bond acceptors (Lipinski definition) is 2. The van der Waals surface area contributed by atoms with Crippen molar-refractivity contribution in [1.29, 1.82) is 0 Å². The molecule has 1 heterocycles. The average molecular weight is 268 g/mol. The van der Waals surface area contributed by atoms with Crippen LogP contribution in [0.15, 0.2) is 0 Å². The third-order valence-corrected chi connectivity index (χ3v) is 2.52. The second kappa shape index (κ2) is 6.19. The molecule has 19 heavy (non-hydrogen) atoms. The molecule has 0 unspecified atom stereocenters. The monoisotopic (exact) mass is 268 g/mol. The number of carbonyl (C=O) groups excluding carboxylic acids is 2. The lowest BCUT2D eigenvalue weighted by Gasteiger charge is -2.22. The zero-order chi connectivity index (χ0) is 14.5. The van der Waals surface area contributed by atoms with E-state index >= 15 is 0 Å². The summed E-state index contributed by atoms with van der Waals surface area (Å²) >= 11 is 0. The summed E-state index contributed by atoms with van der Waals surface area (Å²) in [6.07, 6.45) is 0. The molecular formula is C13H14F2N2O2. The van der Waals surface area contributed by atoms with Crippen molar-refractivity contribution >= 4 is 11.8 Å². The maximum Gasteiger partial charge on any atom is 0.298 e. The zero-order valence-electron chi connectivity index (χ0n) is 10.8. The van der Waals surface area contributed by atoms with Gasteiger partial charge in [-0.25, -0.2) is 8.78 Å². The van der Waals surface area contributed by atoms with Crippen molar-refractivity contribution in [3.8, 4) is 23.7 Å². The number of alkyl halides is 2. The molecule has 1 rings (SSSR count). The fourth-order valence-electron chi connectivity index (χ4n) is 1.73. The molecule has 6 heteroatoms. The summed E-state index contributed by atoms with van der Waals surface area (Å²) in [7, 11) is 0. The molecule has 0 aromatic carbocycles. The zero-order valence-corrected chi connectivity index (χ0v) is 10.8. The molecule has 102 valence electrons. The predicted molar refractivity (Wildman–Crippen MR) is 65.0 cm³/mol. The SMILES string of the molecule is CC#CC(=O)N1CCN(C(=O)C#CC)CC(F)(F)C1. The molecule has 0 aromatic rings. The van der Waals surface area contributed by atoms with Crippen LogP contribution in [0.2, 0.25) is 0 Å². The van der Waals surface area contributed by atoms with Crippen LogP contribution in [0.3, 0.4) is 0 Å². The Hall–Kier alpha value is -2.08. The summed E-state index contributed by atoms with van der Waals surface area (Å²) in [5, 5.41) is 0. The van der Waals surface area contributed by atoms with Crippen LogP contribution in [-0.4, -0.2) is 53.7 Å². The highest BCUT2D eigenvalue weighted by Gasteiger charge is 2.39. The predicted octanol–water partition coefficient (Wildman–Crippen LogP) is 0.339. The summed E-state index contributed by atoms with van der Waals surface area (Å²) < 4.78 is 27.4. The Bertz CT molecular complexity index is 450. The van der Waals surface area contributed by atoms with Crippen molar-refractivity contribution < 1.29 is 18.4 Å². The molecule has 1 aliphatic rings. The number of amides is 2. The van der Waals surface area contributed by atoms with Gasteiger partial charge >= 0.3 is 0 Å². The van der Waals surface area contributed by atoms with E-state index in [0.717, 1.165) is 9.80 Å². The second-order valence-electron chi connectivity index (χ2n) is 4.06. The lowest BCUT2D eigenvalue weighted by Crippen LogP contribution is -2.42. The molecule has 0 atom stereocenters. The largest absolute Gasteiger partial charge is 0.324 e. The van der Waals surface area contributed by atoms with Crippen LogP contribution in [0.25, 0.3) is 0 Å². The van der Waals surface area contributed by atoms with Gasteiger partial charge in [0, 0.05) is 13.1 Å². The normalized spacial score (nSPS) is 17.5. The van der Waals surface area contributed by atoms with E-state index in [-0.39, 0.29) is 13.1 Å². The molecule has 0 aromatic heterocycles. The van der Waals surface area contributed by atoms with Crippen LogP contribution in [0.5, 0.6) is 0 Å². The standard InChI is InChI=1S/C13H14F2N2O2/c1-3-5-11(18)16-7-8-17(12(19)6-4-2)10-13(14,15)9-16/h7-10H2,1-2H3. The van der Waals surface area contributed by atoms with Crippen molar-refractivity contribution in [3.05, 3.63) is 0 Å². The first-order valence-electron chi connectivity index (χ1n) is 5.71. The van der Waals surface area contributed by atoms with E-state index in [1.54, 1.807) is 0 Å². The van der Waals surface area contributed by atoms with E-state index in [1.165, 1.54) is 13.8 Å². The van der Waals surface area contributed by atoms with Crippen LogP contribution < -0.4 is 0 Å². The lowest BCUT2D eigenvalue weighted by molar-refractivity contribution is -0.131. The van der Waals surface area contributed by atoms with E-state index in [2.05, 4.69) is 23.7 Å². The molecule has 4 nitrogen and oxygen atoms in total. The minimum Gasteiger partial charge on any atom is -0.324 e. The third kappa shape index (κ3) is 4.26. The maximum atomic E-state index is 13.7. The molecule has 1 aliphatic heterocycles. The minimum absolute atomic E-state index is 0.0280. The Balaban J connectivity index is 2.87. The number of rotatable bonds is 0. The highest BCUT2D eigenvalue weighted by atomic mass is 19.3. The first-order valence-corrected chi connectivity index (χ1v) is 5.71. The Morgan fingerprint density at radius 1 is 0.947 bits per heavy atom. The topological polar surface area (TPSA) is 40.6 Å². The quantitative estimate of drug-likeness (QED) is 0.594. The van der Waals surface area contributed by atoms with Gasteiger partial charge < -0.3 is 9.80 Å². The van der Waals surface area contributed by atoms with Crippen LogP contribution in [0.1, 0.15) is 13.8 Å². The van der Waals surface area contributed by atoms with Crippen LogP contribution in [0, 0.1) is 23.7 Å². The highest BCUT2D eigenvalue weighted by molar-refractivity contribution is 5.94. The van der Waals surface area contributed by atoms with Gasteiger partial charge in [-0.15, -0.1) is 0 Å². The van der Waals surface area contributed by atoms with Crippen molar-refractivity contribution in [2.24, 2.45) is 0 Å². The second-order valence-corrected chi connectivity index (χ2v) is 4.06.